The molecule has 0 amide bonds. The first-order chi connectivity index (χ1) is 11.3. The van der Waals surface area contributed by atoms with E-state index in [-0.39, 0.29) is 5.97 Å². The minimum atomic E-state index is -0.307. The van der Waals surface area contributed by atoms with Crippen molar-refractivity contribution in [2.24, 2.45) is 0 Å². The van der Waals surface area contributed by atoms with Crippen molar-refractivity contribution in [3.05, 3.63) is 83.7 Å². The Morgan fingerprint density at radius 2 is 1.65 bits per heavy atom. The molecule has 3 aromatic rings. The summed E-state index contributed by atoms with van der Waals surface area (Å²) >= 11 is 0. The third kappa shape index (κ3) is 3.69. The molecular weight excluding hydrogens is 286 g/mol. The molecule has 0 radical (unpaired) electrons. The fourth-order valence-electron chi connectivity index (χ4n) is 2.55. The van der Waals surface area contributed by atoms with Crippen LogP contribution in [0.15, 0.2) is 66.9 Å². The summed E-state index contributed by atoms with van der Waals surface area (Å²) in [4.78, 5) is 14.6. The van der Waals surface area contributed by atoms with Crippen LogP contribution in [-0.2, 0) is 11.2 Å². The van der Waals surface area contributed by atoms with Gasteiger partial charge in [-0.3, -0.25) is 0 Å². The monoisotopic (exact) mass is 305 g/mol. The van der Waals surface area contributed by atoms with E-state index in [1.807, 2.05) is 30.5 Å². The quantitative estimate of drug-likeness (QED) is 0.708. The number of carbonyl (C=O) groups excluding carboxylic acids is 1. The highest BCUT2D eigenvalue weighted by molar-refractivity contribution is 5.87. The van der Waals surface area contributed by atoms with Gasteiger partial charge in [-0.05, 0) is 41.7 Å². The second-order valence-corrected chi connectivity index (χ2v) is 5.38. The van der Waals surface area contributed by atoms with Gasteiger partial charge in [0.05, 0.1) is 6.61 Å². The summed E-state index contributed by atoms with van der Waals surface area (Å²) in [6.07, 6.45) is 2.64. The highest BCUT2D eigenvalue weighted by Crippen LogP contribution is 2.20. The maximum absolute atomic E-state index is 11.7. The first-order valence-electron chi connectivity index (χ1n) is 7.75. The molecule has 23 heavy (non-hydrogen) atoms. The van der Waals surface area contributed by atoms with Crippen LogP contribution in [0.4, 0.5) is 0 Å². The van der Waals surface area contributed by atoms with Crippen LogP contribution in [0.1, 0.15) is 28.5 Å². The van der Waals surface area contributed by atoms with E-state index < -0.39 is 0 Å². The molecule has 116 valence electrons. The number of ether oxygens (including phenoxy) is 1. The highest BCUT2D eigenvalue weighted by Gasteiger charge is 2.09. The zero-order valence-electron chi connectivity index (χ0n) is 13.1. The van der Waals surface area contributed by atoms with Crippen molar-refractivity contribution < 1.29 is 9.53 Å². The number of esters is 1. The van der Waals surface area contributed by atoms with Crippen LogP contribution >= 0.6 is 0 Å². The summed E-state index contributed by atoms with van der Waals surface area (Å²) in [5.74, 6) is -0.307. The van der Waals surface area contributed by atoms with Crippen molar-refractivity contribution in [1.29, 1.82) is 0 Å². The first-order valence-corrected chi connectivity index (χ1v) is 7.75. The molecule has 0 unspecified atom stereocenters. The van der Waals surface area contributed by atoms with Crippen LogP contribution in [0.2, 0.25) is 0 Å². The summed E-state index contributed by atoms with van der Waals surface area (Å²) in [6, 6.07) is 20.7. The Hall–Kier alpha value is -2.81. The molecule has 1 aromatic heterocycles. The molecule has 3 rings (SSSR count). The summed E-state index contributed by atoms with van der Waals surface area (Å²) in [7, 11) is 0. The molecule has 0 aliphatic rings. The van der Waals surface area contributed by atoms with Gasteiger partial charge in [0.2, 0.25) is 0 Å². The Morgan fingerprint density at radius 1 is 0.957 bits per heavy atom. The average molecular weight is 305 g/mol. The van der Waals surface area contributed by atoms with Crippen LogP contribution in [0.25, 0.3) is 11.1 Å². The number of carbonyl (C=O) groups is 1. The lowest BCUT2D eigenvalue weighted by Crippen LogP contribution is -2.04. The number of aromatic nitrogens is 1. The van der Waals surface area contributed by atoms with E-state index in [1.54, 1.807) is 6.92 Å². The Bertz CT molecular complexity index is 773. The van der Waals surface area contributed by atoms with Gasteiger partial charge in [-0.15, -0.1) is 0 Å². The zero-order chi connectivity index (χ0) is 16.1. The lowest BCUT2D eigenvalue weighted by atomic mass is 10.0. The summed E-state index contributed by atoms with van der Waals surface area (Å²) in [6.45, 7) is 2.18. The normalized spacial score (nSPS) is 10.5. The molecule has 0 aliphatic heterocycles. The molecule has 0 spiro atoms. The fraction of sp³-hybridized carbons (Fsp3) is 0.150. The molecule has 0 atom stereocenters. The van der Waals surface area contributed by atoms with E-state index in [1.165, 1.54) is 16.7 Å². The van der Waals surface area contributed by atoms with Crippen molar-refractivity contribution in [2.75, 3.05) is 6.61 Å². The van der Waals surface area contributed by atoms with Gasteiger partial charge < -0.3 is 9.72 Å². The number of benzene rings is 2. The van der Waals surface area contributed by atoms with Crippen molar-refractivity contribution >= 4 is 5.97 Å². The van der Waals surface area contributed by atoms with Gasteiger partial charge in [0.25, 0.3) is 0 Å². The van der Waals surface area contributed by atoms with Gasteiger partial charge in [0, 0.05) is 6.20 Å². The van der Waals surface area contributed by atoms with Crippen LogP contribution < -0.4 is 0 Å². The number of rotatable bonds is 5. The van der Waals surface area contributed by atoms with Crippen LogP contribution in [-0.4, -0.2) is 17.6 Å². The highest BCUT2D eigenvalue weighted by atomic mass is 16.5. The third-order valence-corrected chi connectivity index (χ3v) is 3.71. The molecule has 1 heterocycles. The van der Waals surface area contributed by atoms with Crippen LogP contribution in [0.5, 0.6) is 0 Å². The molecule has 2 aromatic carbocycles. The predicted octanol–water partition coefficient (Wildman–Crippen LogP) is 4.45. The third-order valence-electron chi connectivity index (χ3n) is 3.71. The lowest BCUT2D eigenvalue weighted by molar-refractivity contribution is 0.0520. The molecule has 0 fully saturated rings. The average Bonchev–Trinajstić information content (AvgIpc) is 3.05. The summed E-state index contributed by atoms with van der Waals surface area (Å²) in [5.41, 5.74) is 5.20. The molecule has 0 saturated carbocycles. The smallest absolute Gasteiger partial charge is 0.354 e. The molecular formula is C20H19NO2. The van der Waals surface area contributed by atoms with E-state index in [9.17, 15) is 4.79 Å². The van der Waals surface area contributed by atoms with Crippen LogP contribution in [0.3, 0.4) is 0 Å². The van der Waals surface area contributed by atoms with E-state index in [2.05, 4.69) is 41.4 Å². The van der Waals surface area contributed by atoms with Crippen molar-refractivity contribution in [3.8, 4) is 11.1 Å². The van der Waals surface area contributed by atoms with Crippen LogP contribution in [0, 0.1) is 0 Å². The maximum atomic E-state index is 11.7. The molecule has 0 bridgehead atoms. The van der Waals surface area contributed by atoms with E-state index in [0.29, 0.717) is 12.3 Å². The number of hydrogen-bond acceptors (Lipinski definition) is 2. The Morgan fingerprint density at radius 3 is 2.35 bits per heavy atom. The number of nitrogens with one attached hydrogen (secondary N) is 1. The number of hydrogen-bond donors (Lipinski definition) is 1. The Kier molecular flexibility index (Phi) is 4.57. The largest absolute Gasteiger partial charge is 0.461 e. The van der Waals surface area contributed by atoms with Gasteiger partial charge in [-0.2, -0.15) is 0 Å². The second-order valence-electron chi connectivity index (χ2n) is 5.38. The standard InChI is InChI=1S/C20H19NO2/c1-2-23-20(22)19-13-16(14-21-19)12-15-8-10-18(11-9-15)17-6-4-3-5-7-17/h3-11,13-14,21H,2,12H2,1H3. The summed E-state index contributed by atoms with van der Waals surface area (Å²) in [5, 5.41) is 0. The maximum Gasteiger partial charge on any atom is 0.354 e. The van der Waals surface area contributed by atoms with Crippen molar-refractivity contribution in [2.45, 2.75) is 13.3 Å². The minimum absolute atomic E-state index is 0.307. The Labute approximate surface area is 135 Å². The SMILES string of the molecule is CCOC(=O)c1cc(Cc2ccc(-c3ccccc3)cc2)c[nH]1. The molecule has 3 nitrogen and oxygen atoms in total. The van der Waals surface area contributed by atoms with E-state index in [4.69, 9.17) is 4.74 Å². The zero-order valence-corrected chi connectivity index (χ0v) is 13.1. The fourth-order valence-corrected chi connectivity index (χ4v) is 2.55. The topological polar surface area (TPSA) is 42.1 Å². The van der Waals surface area contributed by atoms with Crippen molar-refractivity contribution in [3.63, 3.8) is 0 Å². The minimum Gasteiger partial charge on any atom is -0.461 e. The van der Waals surface area contributed by atoms with E-state index in [0.717, 1.165) is 12.0 Å². The van der Waals surface area contributed by atoms with Gasteiger partial charge in [0.1, 0.15) is 5.69 Å². The lowest BCUT2D eigenvalue weighted by Gasteiger charge is -2.04. The molecule has 1 N–H and O–H groups in total. The van der Waals surface area contributed by atoms with E-state index >= 15 is 0 Å². The molecule has 3 heteroatoms. The molecule has 0 aliphatic carbocycles. The number of aromatic amines is 1. The van der Waals surface area contributed by atoms with Crippen molar-refractivity contribution in [1.82, 2.24) is 4.98 Å². The van der Waals surface area contributed by atoms with Gasteiger partial charge in [-0.25, -0.2) is 4.79 Å². The van der Waals surface area contributed by atoms with Gasteiger partial charge in [0.15, 0.2) is 0 Å². The van der Waals surface area contributed by atoms with Gasteiger partial charge >= 0.3 is 5.97 Å². The summed E-state index contributed by atoms with van der Waals surface area (Å²) < 4.78 is 4.99. The first kappa shape index (κ1) is 15.1. The van der Waals surface area contributed by atoms with Gasteiger partial charge in [-0.1, -0.05) is 54.6 Å². The Balaban J connectivity index is 1.70. The number of H-pyrrole nitrogens is 1. The second kappa shape index (κ2) is 6.97. The predicted molar refractivity (Wildman–Crippen MR) is 91.4 cm³/mol. The molecule has 0 saturated heterocycles.